The van der Waals surface area contributed by atoms with Crippen molar-refractivity contribution in [1.29, 1.82) is 0 Å². The van der Waals surface area contributed by atoms with Crippen molar-refractivity contribution in [1.82, 2.24) is 9.88 Å². The zero-order valence-electron chi connectivity index (χ0n) is 14.9. The fraction of sp³-hybridized carbons (Fsp3) is 0.350. The van der Waals surface area contributed by atoms with Gasteiger partial charge in [0, 0.05) is 12.7 Å². The SMILES string of the molecule is COc1ccc(C2CCCCCN2C(=O)c2ccc(C(N)=O)cn2)cc1. The lowest BCUT2D eigenvalue weighted by atomic mass is 10.0. The standard InChI is InChI=1S/C20H23N3O3/c1-26-16-9-6-14(7-10-16)18-5-3-2-4-12-23(18)20(25)17-11-8-15(13-22-17)19(21)24/h6-11,13,18H,2-5,12H2,1H3,(H2,21,24). The van der Waals surface area contributed by atoms with Crippen LogP contribution in [0, 0.1) is 0 Å². The van der Waals surface area contributed by atoms with Crippen LogP contribution in [0.3, 0.4) is 0 Å². The summed E-state index contributed by atoms with van der Waals surface area (Å²) in [4.78, 5) is 30.3. The van der Waals surface area contributed by atoms with Crippen LogP contribution in [0.25, 0.3) is 0 Å². The lowest BCUT2D eigenvalue weighted by Gasteiger charge is -2.30. The topological polar surface area (TPSA) is 85.5 Å². The van der Waals surface area contributed by atoms with E-state index in [1.807, 2.05) is 29.2 Å². The highest BCUT2D eigenvalue weighted by Gasteiger charge is 2.28. The molecule has 1 atom stereocenters. The van der Waals surface area contributed by atoms with Gasteiger partial charge >= 0.3 is 0 Å². The monoisotopic (exact) mass is 353 g/mol. The lowest BCUT2D eigenvalue weighted by molar-refractivity contribution is 0.0674. The number of nitrogens with two attached hydrogens (primary N) is 1. The van der Waals surface area contributed by atoms with E-state index in [9.17, 15) is 9.59 Å². The third-order valence-electron chi connectivity index (χ3n) is 4.78. The summed E-state index contributed by atoms with van der Waals surface area (Å²) in [6, 6.07) is 11.0. The van der Waals surface area contributed by atoms with Crippen molar-refractivity contribution in [2.45, 2.75) is 31.7 Å². The molecule has 1 aromatic carbocycles. The number of methoxy groups -OCH3 is 1. The van der Waals surface area contributed by atoms with Crippen LogP contribution in [0.2, 0.25) is 0 Å². The summed E-state index contributed by atoms with van der Waals surface area (Å²) in [5.41, 5.74) is 6.96. The maximum Gasteiger partial charge on any atom is 0.272 e. The van der Waals surface area contributed by atoms with Crippen LogP contribution in [0.15, 0.2) is 42.6 Å². The molecule has 1 fully saturated rings. The third-order valence-corrected chi connectivity index (χ3v) is 4.78. The van der Waals surface area contributed by atoms with Gasteiger partial charge in [0.25, 0.3) is 5.91 Å². The van der Waals surface area contributed by atoms with Crippen molar-refractivity contribution in [3.05, 3.63) is 59.4 Å². The fourth-order valence-corrected chi connectivity index (χ4v) is 3.34. The van der Waals surface area contributed by atoms with Crippen LogP contribution in [0.1, 0.15) is 58.1 Å². The highest BCUT2D eigenvalue weighted by Crippen LogP contribution is 2.32. The van der Waals surface area contributed by atoms with E-state index in [0.29, 0.717) is 17.8 Å². The van der Waals surface area contributed by atoms with E-state index in [-0.39, 0.29) is 11.9 Å². The second-order valence-corrected chi connectivity index (χ2v) is 6.43. The third kappa shape index (κ3) is 3.85. The average Bonchev–Trinajstić information content (AvgIpc) is 2.93. The average molecular weight is 353 g/mol. The van der Waals surface area contributed by atoms with E-state index in [1.165, 1.54) is 6.20 Å². The smallest absolute Gasteiger partial charge is 0.272 e. The number of rotatable bonds is 4. The Labute approximate surface area is 153 Å². The summed E-state index contributed by atoms with van der Waals surface area (Å²) >= 11 is 0. The molecule has 2 amide bonds. The summed E-state index contributed by atoms with van der Waals surface area (Å²) in [5.74, 6) is 0.120. The molecule has 2 heterocycles. The number of benzene rings is 1. The number of primary amides is 1. The summed E-state index contributed by atoms with van der Waals surface area (Å²) in [6.07, 6.45) is 5.42. The number of hydrogen-bond acceptors (Lipinski definition) is 4. The first-order chi connectivity index (χ1) is 12.6. The highest BCUT2D eigenvalue weighted by atomic mass is 16.5. The van der Waals surface area contributed by atoms with Crippen molar-refractivity contribution in [2.75, 3.05) is 13.7 Å². The second-order valence-electron chi connectivity index (χ2n) is 6.43. The number of amides is 2. The number of pyridine rings is 1. The number of aromatic nitrogens is 1. The Hall–Kier alpha value is -2.89. The normalized spacial score (nSPS) is 17.4. The molecule has 1 aliphatic rings. The van der Waals surface area contributed by atoms with Gasteiger partial charge in [-0.15, -0.1) is 0 Å². The summed E-state index contributed by atoms with van der Waals surface area (Å²) in [6.45, 7) is 0.689. The lowest BCUT2D eigenvalue weighted by Crippen LogP contribution is -2.35. The Bertz CT molecular complexity index is 772. The molecule has 3 rings (SSSR count). The number of carbonyl (C=O) groups excluding carboxylic acids is 2. The molecular weight excluding hydrogens is 330 g/mol. The molecule has 0 spiro atoms. The van der Waals surface area contributed by atoms with Gasteiger partial charge in [0.1, 0.15) is 11.4 Å². The molecule has 6 heteroatoms. The van der Waals surface area contributed by atoms with Crippen molar-refractivity contribution in [3.63, 3.8) is 0 Å². The summed E-state index contributed by atoms with van der Waals surface area (Å²) in [5, 5.41) is 0. The summed E-state index contributed by atoms with van der Waals surface area (Å²) < 4.78 is 5.23. The molecule has 1 saturated heterocycles. The quantitative estimate of drug-likeness (QED) is 0.916. The number of ether oxygens (including phenoxy) is 1. The molecule has 2 N–H and O–H groups in total. The number of nitrogens with zero attached hydrogens (tertiary/aromatic N) is 2. The Morgan fingerprint density at radius 1 is 1.12 bits per heavy atom. The molecule has 6 nitrogen and oxygen atoms in total. The van der Waals surface area contributed by atoms with Crippen LogP contribution < -0.4 is 10.5 Å². The summed E-state index contributed by atoms with van der Waals surface area (Å²) in [7, 11) is 1.64. The van der Waals surface area contributed by atoms with E-state index < -0.39 is 5.91 Å². The van der Waals surface area contributed by atoms with E-state index in [4.69, 9.17) is 10.5 Å². The fourth-order valence-electron chi connectivity index (χ4n) is 3.34. The Morgan fingerprint density at radius 2 is 1.88 bits per heavy atom. The molecule has 136 valence electrons. The van der Waals surface area contributed by atoms with Crippen molar-refractivity contribution in [2.24, 2.45) is 5.73 Å². The van der Waals surface area contributed by atoms with Gasteiger partial charge in [-0.3, -0.25) is 14.6 Å². The molecule has 1 aromatic heterocycles. The number of hydrogen-bond donors (Lipinski definition) is 1. The second kappa shape index (κ2) is 7.99. The van der Waals surface area contributed by atoms with Crippen LogP contribution >= 0.6 is 0 Å². The number of likely N-dealkylation sites (tertiary alicyclic amines) is 1. The van der Waals surface area contributed by atoms with Gasteiger partial charge in [0.05, 0.1) is 18.7 Å². The molecule has 1 unspecified atom stereocenters. The molecule has 26 heavy (non-hydrogen) atoms. The molecule has 0 bridgehead atoms. The molecule has 1 aliphatic heterocycles. The maximum absolute atomic E-state index is 13.1. The van der Waals surface area contributed by atoms with Gasteiger partial charge in [-0.1, -0.05) is 25.0 Å². The van der Waals surface area contributed by atoms with Crippen LogP contribution in [-0.4, -0.2) is 35.4 Å². The van der Waals surface area contributed by atoms with E-state index in [1.54, 1.807) is 19.2 Å². The van der Waals surface area contributed by atoms with Gasteiger partial charge in [0.2, 0.25) is 5.91 Å². The van der Waals surface area contributed by atoms with Gasteiger partial charge in [-0.25, -0.2) is 0 Å². The Kier molecular flexibility index (Phi) is 5.51. The van der Waals surface area contributed by atoms with E-state index in [2.05, 4.69) is 4.98 Å². The minimum Gasteiger partial charge on any atom is -0.497 e. The Balaban J connectivity index is 1.87. The molecule has 0 radical (unpaired) electrons. The predicted octanol–water partition coefficient (Wildman–Crippen LogP) is 2.95. The van der Waals surface area contributed by atoms with Crippen LogP contribution in [-0.2, 0) is 0 Å². The van der Waals surface area contributed by atoms with Crippen LogP contribution in [0.4, 0.5) is 0 Å². The van der Waals surface area contributed by atoms with E-state index >= 15 is 0 Å². The zero-order chi connectivity index (χ0) is 18.5. The predicted molar refractivity (Wildman–Crippen MR) is 98.0 cm³/mol. The van der Waals surface area contributed by atoms with E-state index in [0.717, 1.165) is 37.0 Å². The highest BCUT2D eigenvalue weighted by molar-refractivity contribution is 5.95. The minimum atomic E-state index is -0.553. The van der Waals surface area contributed by atoms with Gasteiger partial charge in [0.15, 0.2) is 0 Å². The first-order valence-electron chi connectivity index (χ1n) is 8.81. The molecule has 0 aliphatic carbocycles. The van der Waals surface area contributed by atoms with Crippen LogP contribution in [0.5, 0.6) is 5.75 Å². The minimum absolute atomic E-state index is 0.00789. The zero-order valence-corrected chi connectivity index (χ0v) is 14.9. The molecule has 0 saturated carbocycles. The molecule has 2 aromatic rings. The maximum atomic E-state index is 13.1. The molecular formula is C20H23N3O3. The Morgan fingerprint density at radius 3 is 2.50 bits per heavy atom. The van der Waals surface area contributed by atoms with Crippen molar-refractivity contribution in [3.8, 4) is 5.75 Å². The van der Waals surface area contributed by atoms with Crippen molar-refractivity contribution < 1.29 is 14.3 Å². The number of carbonyl (C=O) groups is 2. The largest absolute Gasteiger partial charge is 0.497 e. The first kappa shape index (κ1) is 17.9. The van der Waals surface area contributed by atoms with Gasteiger partial charge in [-0.05, 0) is 42.7 Å². The first-order valence-corrected chi connectivity index (χ1v) is 8.81. The van der Waals surface area contributed by atoms with Crippen molar-refractivity contribution >= 4 is 11.8 Å². The van der Waals surface area contributed by atoms with Gasteiger partial charge < -0.3 is 15.4 Å². The van der Waals surface area contributed by atoms with Gasteiger partial charge in [-0.2, -0.15) is 0 Å².